The van der Waals surface area contributed by atoms with Crippen molar-refractivity contribution in [3.8, 4) is 11.4 Å². The number of hydrogen-bond acceptors (Lipinski definition) is 1. The average molecular weight is 429 g/mol. The Balaban J connectivity index is 1.85. The zero-order valence-corrected chi connectivity index (χ0v) is 20.2. The Morgan fingerprint density at radius 3 is 2.56 bits per heavy atom. The molecule has 0 saturated heterocycles. The van der Waals surface area contributed by atoms with Crippen LogP contribution < -0.4 is 9.13 Å². The van der Waals surface area contributed by atoms with Gasteiger partial charge < -0.3 is 0 Å². The maximum atomic E-state index is 4.79. The minimum atomic E-state index is 0.0241. The van der Waals surface area contributed by atoms with Gasteiger partial charge in [0.05, 0.1) is 11.6 Å². The third-order valence-electron chi connectivity index (χ3n) is 8.46. The van der Waals surface area contributed by atoms with Crippen LogP contribution in [0.15, 0.2) is 55.2 Å². The van der Waals surface area contributed by atoms with Crippen molar-refractivity contribution in [2.24, 2.45) is 0 Å². The highest BCUT2D eigenvalue weighted by molar-refractivity contribution is 5.99. The van der Waals surface area contributed by atoms with Gasteiger partial charge in [-0.3, -0.25) is 0 Å². The summed E-state index contributed by atoms with van der Waals surface area (Å²) < 4.78 is 7.23. The van der Waals surface area contributed by atoms with Crippen LogP contribution in [-0.4, -0.2) is 9.38 Å². The molecule has 0 bridgehead atoms. The highest BCUT2D eigenvalue weighted by atomic mass is 15.2. The molecule has 1 aromatic carbocycles. The first kappa shape index (κ1) is 21.1. The number of nitrogens with zero attached hydrogens (tertiary/aromatic N) is 4. The summed E-state index contributed by atoms with van der Waals surface area (Å²) in [6, 6.07) is 9.26. The predicted molar refractivity (Wildman–Crippen MR) is 130 cm³/mol. The van der Waals surface area contributed by atoms with Crippen LogP contribution in [0.3, 0.4) is 0 Å². The average Bonchev–Trinajstić information content (AvgIpc) is 3.29. The molecule has 4 heterocycles. The van der Waals surface area contributed by atoms with E-state index in [4.69, 9.17) is 4.98 Å². The summed E-state index contributed by atoms with van der Waals surface area (Å²) in [5.74, 6) is 0. The van der Waals surface area contributed by atoms with E-state index >= 15 is 0 Å². The first-order valence-electron chi connectivity index (χ1n) is 12.4. The molecule has 0 saturated carbocycles. The first-order valence-corrected chi connectivity index (χ1v) is 12.4. The fourth-order valence-electron chi connectivity index (χ4n) is 6.44. The fraction of sp³-hybridized carbons (Fsp3) is 0.464. The molecule has 32 heavy (non-hydrogen) atoms. The fourth-order valence-corrected chi connectivity index (χ4v) is 6.44. The molecule has 3 aromatic heterocycles. The molecule has 0 fully saturated rings. The van der Waals surface area contributed by atoms with Crippen LogP contribution in [0.25, 0.3) is 27.8 Å². The molecule has 1 atom stereocenters. The Morgan fingerprint density at radius 2 is 1.84 bits per heavy atom. The number of aromatic nitrogens is 4. The van der Waals surface area contributed by atoms with Crippen LogP contribution >= 0.6 is 0 Å². The Bertz CT molecular complexity index is 1300. The maximum Gasteiger partial charge on any atom is 0.295 e. The van der Waals surface area contributed by atoms with Crippen LogP contribution in [0.4, 0.5) is 0 Å². The van der Waals surface area contributed by atoms with Crippen molar-refractivity contribution in [3.63, 3.8) is 0 Å². The minimum Gasteiger partial charge on any atom is -0.240 e. The second kappa shape index (κ2) is 7.68. The molecule has 0 aliphatic carbocycles. The molecular formula is C28H36N4+2. The zero-order valence-electron chi connectivity index (χ0n) is 20.2. The molecule has 0 radical (unpaired) electrons. The Hall–Kier alpha value is -2.75. The molecule has 0 N–H and O–H groups in total. The van der Waals surface area contributed by atoms with E-state index in [0.717, 1.165) is 37.2 Å². The van der Waals surface area contributed by atoms with Crippen LogP contribution in [0.5, 0.6) is 0 Å². The van der Waals surface area contributed by atoms with Crippen molar-refractivity contribution < 1.29 is 9.13 Å². The molecule has 5 rings (SSSR count). The molecule has 1 unspecified atom stereocenters. The smallest absolute Gasteiger partial charge is 0.240 e. The van der Waals surface area contributed by atoms with Crippen molar-refractivity contribution in [2.75, 3.05) is 0 Å². The third-order valence-corrected chi connectivity index (χ3v) is 8.46. The van der Waals surface area contributed by atoms with E-state index in [1.165, 1.54) is 34.8 Å². The Morgan fingerprint density at radius 1 is 1.03 bits per heavy atom. The molecule has 4 heteroatoms. The summed E-state index contributed by atoms with van der Waals surface area (Å²) in [5.41, 5.74) is 5.15. The lowest BCUT2D eigenvalue weighted by Crippen LogP contribution is -2.66. The number of pyridine rings is 1. The van der Waals surface area contributed by atoms with Gasteiger partial charge in [-0.2, -0.15) is 4.40 Å². The summed E-state index contributed by atoms with van der Waals surface area (Å²) >= 11 is 0. The topological polar surface area (TPSA) is 25.1 Å². The summed E-state index contributed by atoms with van der Waals surface area (Å²) in [5, 5.41) is 2.72. The van der Waals surface area contributed by atoms with Crippen molar-refractivity contribution in [1.29, 1.82) is 0 Å². The SMILES string of the molecule is CCCC[n+]1ccnc(-c2cc3cccc4c3c3n2cc[n+]3C(C)(CC)C4(CC)CC)c1. The molecule has 0 amide bonds. The van der Waals surface area contributed by atoms with Gasteiger partial charge in [0.25, 0.3) is 5.65 Å². The van der Waals surface area contributed by atoms with E-state index in [2.05, 4.69) is 97.2 Å². The largest absolute Gasteiger partial charge is 0.295 e. The standard InChI is InChI=1S/C28H36N4/c1-6-10-15-30-16-14-29-23(20-30)24-19-21-12-11-13-22-25(21)26-31(24)17-18-32(26)27(5,7-2)28(22,8-3)9-4/h11-14,16-20H,6-10,15H2,1-5H3/q+2. The minimum absolute atomic E-state index is 0.0241. The van der Waals surface area contributed by atoms with Crippen molar-refractivity contribution in [1.82, 2.24) is 9.38 Å². The van der Waals surface area contributed by atoms with Gasteiger partial charge in [0.15, 0.2) is 23.8 Å². The number of imidazole rings is 1. The lowest BCUT2D eigenvalue weighted by molar-refractivity contribution is -0.751. The lowest BCUT2D eigenvalue weighted by Gasteiger charge is -2.48. The number of unbranched alkanes of at least 4 members (excludes halogenated alkanes) is 1. The number of aryl methyl sites for hydroxylation is 1. The molecule has 4 nitrogen and oxygen atoms in total. The molecule has 1 aliphatic rings. The molecular weight excluding hydrogens is 392 g/mol. The monoisotopic (exact) mass is 428 g/mol. The highest BCUT2D eigenvalue weighted by Gasteiger charge is 2.55. The molecule has 1 aliphatic heterocycles. The first-order chi connectivity index (χ1) is 15.5. The quantitative estimate of drug-likeness (QED) is 0.345. The Kier molecular flexibility index (Phi) is 5.07. The Labute approximate surface area is 191 Å². The van der Waals surface area contributed by atoms with E-state index in [1.807, 2.05) is 6.20 Å². The van der Waals surface area contributed by atoms with Crippen molar-refractivity contribution in [2.45, 2.75) is 84.2 Å². The molecule has 4 aromatic rings. The van der Waals surface area contributed by atoms with Crippen molar-refractivity contribution in [3.05, 3.63) is 60.8 Å². The van der Waals surface area contributed by atoms with Crippen LogP contribution in [0.2, 0.25) is 0 Å². The van der Waals surface area contributed by atoms with Gasteiger partial charge in [-0.1, -0.05) is 52.3 Å². The van der Waals surface area contributed by atoms with E-state index in [0.29, 0.717) is 0 Å². The maximum absolute atomic E-state index is 4.79. The predicted octanol–water partition coefficient (Wildman–Crippen LogP) is 5.73. The normalized spacial score (nSPS) is 19.3. The van der Waals surface area contributed by atoms with Gasteiger partial charge in [-0.25, -0.2) is 14.1 Å². The van der Waals surface area contributed by atoms with Crippen LogP contribution in [0, 0.1) is 0 Å². The van der Waals surface area contributed by atoms with E-state index < -0.39 is 0 Å². The second-order valence-corrected chi connectivity index (χ2v) is 9.61. The van der Waals surface area contributed by atoms with Gasteiger partial charge in [0.2, 0.25) is 0 Å². The summed E-state index contributed by atoms with van der Waals surface area (Å²) in [7, 11) is 0. The van der Waals surface area contributed by atoms with E-state index in [1.54, 1.807) is 0 Å². The highest BCUT2D eigenvalue weighted by Crippen LogP contribution is 2.51. The summed E-state index contributed by atoms with van der Waals surface area (Å²) in [6.07, 6.45) is 16.5. The number of rotatable bonds is 7. The third kappa shape index (κ3) is 2.65. The van der Waals surface area contributed by atoms with Crippen LogP contribution in [0.1, 0.15) is 72.3 Å². The van der Waals surface area contributed by atoms with Gasteiger partial charge in [-0.15, -0.1) is 0 Å². The van der Waals surface area contributed by atoms with E-state index in [9.17, 15) is 0 Å². The van der Waals surface area contributed by atoms with Gasteiger partial charge in [-0.05, 0) is 43.2 Å². The van der Waals surface area contributed by atoms with Gasteiger partial charge in [0.1, 0.15) is 24.5 Å². The lowest BCUT2D eigenvalue weighted by atomic mass is 9.59. The van der Waals surface area contributed by atoms with Crippen LogP contribution in [-0.2, 0) is 17.5 Å². The number of hydrogen-bond donors (Lipinski definition) is 0. The summed E-state index contributed by atoms with van der Waals surface area (Å²) in [6.45, 7) is 12.8. The molecule has 166 valence electrons. The van der Waals surface area contributed by atoms with E-state index in [-0.39, 0.29) is 11.0 Å². The second-order valence-electron chi connectivity index (χ2n) is 9.61. The summed E-state index contributed by atoms with van der Waals surface area (Å²) in [4.78, 5) is 4.79. The van der Waals surface area contributed by atoms with Gasteiger partial charge in [0, 0.05) is 11.8 Å². The zero-order chi connectivity index (χ0) is 22.5. The molecule has 0 spiro atoms. The van der Waals surface area contributed by atoms with Crippen molar-refractivity contribution >= 4 is 16.4 Å². The number of benzene rings is 1. The van der Waals surface area contributed by atoms with Gasteiger partial charge >= 0.3 is 0 Å².